The van der Waals surface area contributed by atoms with E-state index in [2.05, 4.69) is 127 Å². The van der Waals surface area contributed by atoms with E-state index in [9.17, 15) is 0 Å². The second kappa shape index (κ2) is 10.9. The van der Waals surface area contributed by atoms with Crippen molar-refractivity contribution in [1.82, 2.24) is 0 Å². The Balaban J connectivity index is 1.35. The summed E-state index contributed by atoms with van der Waals surface area (Å²) in [5, 5.41) is 2.13. The Morgan fingerprint density at radius 3 is 1.53 bits per heavy atom. The Kier molecular flexibility index (Phi) is 6.32. The smallest absolute Gasteiger partial charge is 0.178 e. The Hall–Kier alpha value is -6.26. The van der Waals surface area contributed by atoms with Gasteiger partial charge in [-0.3, -0.25) is 0 Å². The summed E-state index contributed by atoms with van der Waals surface area (Å²) in [6.45, 7) is 0. The van der Waals surface area contributed by atoms with Crippen molar-refractivity contribution < 1.29 is 18.9 Å². The van der Waals surface area contributed by atoms with Gasteiger partial charge in [0, 0.05) is 22.1 Å². The average molecular weight is 663 g/mol. The number of fused-ring (bicyclic) bond motifs is 15. The van der Waals surface area contributed by atoms with Gasteiger partial charge in [-0.15, -0.1) is 0 Å². The molecule has 0 N–H and O–H groups in total. The quantitative estimate of drug-likeness (QED) is 0.184. The van der Waals surface area contributed by atoms with Crippen molar-refractivity contribution >= 4 is 16.8 Å². The maximum atomic E-state index is 7.63. The predicted molar refractivity (Wildman–Crippen MR) is 203 cm³/mol. The standard InChI is InChI=1S/C47H34O4/c1-48-31-20-16-29(17-21-31)46(30-18-22-32(49-2)23-19-30)27-26-38-44-43(36-25-24-33(50-3)28-39(36)45(38)51-46)37-12-6-9-15-42(37)47(44)40-13-7-4-10-34(40)35-11-5-8-14-41(35)47/h4-28H,1-3H3. The van der Waals surface area contributed by atoms with Gasteiger partial charge in [0.25, 0.3) is 0 Å². The van der Waals surface area contributed by atoms with Gasteiger partial charge in [-0.25, -0.2) is 0 Å². The van der Waals surface area contributed by atoms with Gasteiger partial charge in [-0.05, 0) is 98.4 Å². The van der Waals surface area contributed by atoms with Crippen molar-refractivity contribution in [1.29, 1.82) is 0 Å². The molecule has 7 aromatic carbocycles. The molecule has 0 bridgehead atoms. The molecule has 10 rings (SSSR count). The highest BCUT2D eigenvalue weighted by atomic mass is 16.5. The summed E-state index contributed by atoms with van der Waals surface area (Å²) in [6, 6.07) is 49.5. The normalized spacial score (nSPS) is 15.0. The van der Waals surface area contributed by atoms with Crippen molar-refractivity contribution in [2.45, 2.75) is 11.0 Å². The zero-order chi connectivity index (χ0) is 34.3. The van der Waals surface area contributed by atoms with Gasteiger partial charge >= 0.3 is 0 Å². The lowest BCUT2D eigenvalue weighted by atomic mass is 9.68. The fourth-order valence-corrected chi connectivity index (χ4v) is 9.03. The van der Waals surface area contributed by atoms with Gasteiger partial charge < -0.3 is 18.9 Å². The first-order chi connectivity index (χ1) is 25.1. The van der Waals surface area contributed by atoms with Crippen LogP contribution in [0.5, 0.6) is 23.0 Å². The van der Waals surface area contributed by atoms with E-state index in [0.717, 1.165) is 50.5 Å². The van der Waals surface area contributed by atoms with Crippen LogP contribution in [-0.2, 0) is 11.0 Å². The molecule has 2 aliphatic carbocycles. The number of benzene rings is 7. The summed E-state index contributed by atoms with van der Waals surface area (Å²) in [4.78, 5) is 0. The Labute approximate surface area is 297 Å². The fourth-order valence-electron chi connectivity index (χ4n) is 9.03. The van der Waals surface area contributed by atoms with Crippen molar-refractivity contribution in [3.63, 3.8) is 0 Å². The first-order valence-electron chi connectivity index (χ1n) is 17.3. The SMILES string of the molecule is COc1ccc(C2(c3ccc(OC)cc3)C=Cc3c4c(c5ccc(OC)cc5c3O2)-c2ccccc2C42c3ccccc3-c3ccccc32)cc1. The third kappa shape index (κ3) is 3.85. The zero-order valence-electron chi connectivity index (χ0n) is 28.6. The van der Waals surface area contributed by atoms with Crippen LogP contribution in [0.4, 0.5) is 0 Å². The van der Waals surface area contributed by atoms with E-state index in [1.165, 1.54) is 44.5 Å². The molecular formula is C47H34O4. The molecule has 1 spiro atoms. The van der Waals surface area contributed by atoms with E-state index in [-0.39, 0.29) is 0 Å². The average Bonchev–Trinajstić information content (AvgIpc) is 3.68. The van der Waals surface area contributed by atoms with E-state index in [1.807, 2.05) is 24.3 Å². The zero-order valence-corrected chi connectivity index (χ0v) is 28.6. The minimum absolute atomic E-state index is 0.536. The lowest BCUT2D eigenvalue weighted by Gasteiger charge is -2.39. The number of hydrogen-bond donors (Lipinski definition) is 0. The summed E-state index contributed by atoms with van der Waals surface area (Å²) < 4.78 is 24.6. The molecule has 4 nitrogen and oxygen atoms in total. The Bertz CT molecular complexity index is 2470. The number of rotatable bonds is 5. The lowest BCUT2D eigenvalue weighted by molar-refractivity contribution is 0.163. The van der Waals surface area contributed by atoms with Gasteiger partial charge in [0.15, 0.2) is 5.60 Å². The summed E-state index contributed by atoms with van der Waals surface area (Å²) >= 11 is 0. The largest absolute Gasteiger partial charge is 0.497 e. The highest BCUT2D eigenvalue weighted by molar-refractivity contribution is 6.11. The van der Waals surface area contributed by atoms with Gasteiger partial charge in [0.1, 0.15) is 23.0 Å². The van der Waals surface area contributed by atoms with Crippen molar-refractivity contribution in [2.24, 2.45) is 0 Å². The van der Waals surface area contributed by atoms with Crippen LogP contribution < -0.4 is 18.9 Å². The molecule has 1 heterocycles. The van der Waals surface area contributed by atoms with E-state index in [0.29, 0.717) is 0 Å². The molecule has 51 heavy (non-hydrogen) atoms. The van der Waals surface area contributed by atoms with Crippen LogP contribution in [0.2, 0.25) is 0 Å². The van der Waals surface area contributed by atoms with E-state index >= 15 is 0 Å². The van der Waals surface area contributed by atoms with Crippen LogP contribution in [0.1, 0.15) is 38.9 Å². The first-order valence-corrected chi connectivity index (χ1v) is 17.3. The maximum Gasteiger partial charge on any atom is 0.178 e. The number of ether oxygens (including phenoxy) is 4. The van der Waals surface area contributed by atoms with Gasteiger partial charge in [0.05, 0.1) is 26.7 Å². The summed E-state index contributed by atoms with van der Waals surface area (Å²) in [6.07, 6.45) is 4.54. The molecule has 1 aliphatic heterocycles. The van der Waals surface area contributed by atoms with Crippen LogP contribution in [0.15, 0.2) is 146 Å². The number of methoxy groups -OCH3 is 3. The minimum Gasteiger partial charge on any atom is -0.497 e. The fraction of sp³-hybridized carbons (Fsp3) is 0.106. The molecule has 0 atom stereocenters. The third-order valence-electron chi connectivity index (χ3n) is 11.2. The summed E-state index contributed by atoms with van der Waals surface area (Å²) in [5.41, 5.74) is 11.7. The topological polar surface area (TPSA) is 36.9 Å². The summed E-state index contributed by atoms with van der Waals surface area (Å²) in [7, 11) is 5.10. The molecule has 7 aromatic rings. The van der Waals surface area contributed by atoms with Crippen molar-refractivity contribution in [3.8, 4) is 45.3 Å². The van der Waals surface area contributed by atoms with Crippen LogP contribution in [0.3, 0.4) is 0 Å². The predicted octanol–water partition coefficient (Wildman–Crippen LogP) is 10.6. The molecule has 246 valence electrons. The van der Waals surface area contributed by atoms with Gasteiger partial charge in [0.2, 0.25) is 0 Å². The first kappa shape index (κ1) is 29.6. The van der Waals surface area contributed by atoms with E-state index < -0.39 is 11.0 Å². The van der Waals surface area contributed by atoms with Crippen LogP contribution in [0.25, 0.3) is 39.1 Å². The third-order valence-corrected chi connectivity index (χ3v) is 11.2. The van der Waals surface area contributed by atoms with Crippen LogP contribution in [-0.4, -0.2) is 21.3 Å². The molecular weight excluding hydrogens is 629 g/mol. The number of hydrogen-bond acceptors (Lipinski definition) is 4. The van der Waals surface area contributed by atoms with E-state index in [1.54, 1.807) is 21.3 Å². The minimum atomic E-state index is -0.945. The molecule has 0 amide bonds. The summed E-state index contributed by atoms with van der Waals surface area (Å²) in [5.74, 6) is 3.18. The van der Waals surface area contributed by atoms with Crippen molar-refractivity contribution in [3.05, 3.63) is 185 Å². The molecule has 0 aromatic heterocycles. The van der Waals surface area contributed by atoms with Crippen LogP contribution >= 0.6 is 0 Å². The highest BCUT2D eigenvalue weighted by Gasteiger charge is 2.54. The van der Waals surface area contributed by atoms with Crippen LogP contribution in [0, 0.1) is 0 Å². The Morgan fingerprint density at radius 1 is 0.490 bits per heavy atom. The van der Waals surface area contributed by atoms with E-state index in [4.69, 9.17) is 18.9 Å². The van der Waals surface area contributed by atoms with Gasteiger partial charge in [-0.1, -0.05) is 103 Å². The highest BCUT2D eigenvalue weighted by Crippen LogP contribution is 2.66. The Morgan fingerprint density at radius 2 is 0.980 bits per heavy atom. The second-order valence-electron chi connectivity index (χ2n) is 13.4. The molecule has 0 unspecified atom stereocenters. The van der Waals surface area contributed by atoms with Crippen molar-refractivity contribution in [2.75, 3.05) is 21.3 Å². The lowest BCUT2D eigenvalue weighted by Crippen LogP contribution is -2.35. The molecule has 0 saturated carbocycles. The monoisotopic (exact) mass is 662 g/mol. The molecule has 3 aliphatic rings. The molecule has 4 heteroatoms. The molecule has 0 saturated heterocycles. The maximum absolute atomic E-state index is 7.63. The molecule has 0 fully saturated rings. The second-order valence-corrected chi connectivity index (χ2v) is 13.4. The van der Waals surface area contributed by atoms with Gasteiger partial charge in [-0.2, -0.15) is 0 Å². The molecule has 0 radical (unpaired) electrons.